The van der Waals surface area contributed by atoms with Crippen molar-refractivity contribution in [1.82, 2.24) is 0 Å². The molecular formula is C9H16O6. The van der Waals surface area contributed by atoms with E-state index in [1.165, 1.54) is 7.11 Å². The number of rotatable bonds is 4. The maximum atomic E-state index is 10.7. The second-order valence-corrected chi connectivity index (χ2v) is 3.14. The lowest BCUT2D eigenvalue weighted by molar-refractivity contribution is -0.159. The van der Waals surface area contributed by atoms with Gasteiger partial charge >= 0.3 is 6.16 Å². The van der Waals surface area contributed by atoms with Gasteiger partial charge in [0.2, 0.25) is 0 Å². The highest BCUT2D eigenvalue weighted by Crippen LogP contribution is 2.23. The van der Waals surface area contributed by atoms with Crippen molar-refractivity contribution in [2.45, 2.75) is 24.9 Å². The third kappa shape index (κ3) is 3.33. The minimum absolute atomic E-state index is 0.124. The normalized spacial score (nSPS) is 30.2. The summed E-state index contributed by atoms with van der Waals surface area (Å²) in [5, 5.41) is 0. The van der Waals surface area contributed by atoms with Crippen molar-refractivity contribution in [1.29, 1.82) is 0 Å². The largest absolute Gasteiger partial charge is 0.508 e. The average molecular weight is 220 g/mol. The topological polar surface area (TPSA) is 63.2 Å². The molecule has 0 bridgehead atoms. The van der Waals surface area contributed by atoms with Crippen LogP contribution >= 0.6 is 0 Å². The van der Waals surface area contributed by atoms with Crippen LogP contribution in [-0.4, -0.2) is 52.6 Å². The van der Waals surface area contributed by atoms with E-state index < -0.39 is 12.4 Å². The lowest BCUT2D eigenvalue weighted by atomic mass is 10.2. The summed E-state index contributed by atoms with van der Waals surface area (Å²) in [6, 6.07) is 0. The highest BCUT2D eigenvalue weighted by molar-refractivity contribution is 5.59. The van der Waals surface area contributed by atoms with Gasteiger partial charge in [-0.1, -0.05) is 0 Å². The van der Waals surface area contributed by atoms with E-state index in [9.17, 15) is 4.79 Å². The van der Waals surface area contributed by atoms with Crippen molar-refractivity contribution in [2.24, 2.45) is 0 Å². The zero-order chi connectivity index (χ0) is 11.3. The Kier molecular flexibility index (Phi) is 4.80. The molecule has 0 aliphatic carbocycles. The van der Waals surface area contributed by atoms with Gasteiger partial charge in [-0.15, -0.1) is 0 Å². The van der Waals surface area contributed by atoms with Crippen LogP contribution in [0.4, 0.5) is 4.79 Å². The Bertz CT molecular complexity index is 195. The second-order valence-electron chi connectivity index (χ2n) is 3.14. The van der Waals surface area contributed by atoms with E-state index in [1.807, 2.05) is 0 Å². The Balaban J connectivity index is 2.30. The first kappa shape index (κ1) is 12.2. The van der Waals surface area contributed by atoms with Gasteiger partial charge in [-0.2, -0.15) is 0 Å². The van der Waals surface area contributed by atoms with E-state index in [4.69, 9.17) is 18.9 Å². The fourth-order valence-electron chi connectivity index (χ4n) is 1.44. The minimum Gasteiger partial charge on any atom is -0.438 e. The summed E-state index contributed by atoms with van der Waals surface area (Å²) in [6.45, 7) is 0.145. The molecule has 1 rings (SSSR count). The van der Waals surface area contributed by atoms with Gasteiger partial charge in [0.1, 0.15) is 12.7 Å². The maximum Gasteiger partial charge on any atom is 0.508 e. The summed E-state index contributed by atoms with van der Waals surface area (Å²) in [5.74, 6) is 0. The zero-order valence-electron chi connectivity index (χ0n) is 9.10. The molecule has 1 saturated heterocycles. The molecule has 0 amide bonds. The van der Waals surface area contributed by atoms with E-state index in [1.54, 1.807) is 14.2 Å². The van der Waals surface area contributed by atoms with Gasteiger partial charge in [0.05, 0.1) is 13.2 Å². The van der Waals surface area contributed by atoms with E-state index >= 15 is 0 Å². The monoisotopic (exact) mass is 220 g/mol. The van der Waals surface area contributed by atoms with Crippen LogP contribution in [0.15, 0.2) is 0 Å². The van der Waals surface area contributed by atoms with Crippen LogP contribution in [0.5, 0.6) is 0 Å². The third-order valence-electron chi connectivity index (χ3n) is 2.21. The van der Waals surface area contributed by atoms with E-state index in [0.29, 0.717) is 6.42 Å². The molecule has 88 valence electrons. The molecule has 1 heterocycles. The first-order valence-electron chi connectivity index (χ1n) is 4.63. The van der Waals surface area contributed by atoms with Gasteiger partial charge in [0, 0.05) is 20.6 Å². The quantitative estimate of drug-likeness (QED) is 0.644. The summed E-state index contributed by atoms with van der Waals surface area (Å²) in [6.07, 6.45) is -0.818. The van der Waals surface area contributed by atoms with Crippen molar-refractivity contribution >= 4 is 6.16 Å². The van der Waals surface area contributed by atoms with Crippen molar-refractivity contribution in [2.75, 3.05) is 27.9 Å². The molecule has 6 heteroatoms. The van der Waals surface area contributed by atoms with Crippen LogP contribution in [0.3, 0.4) is 0 Å². The Morgan fingerprint density at radius 3 is 2.53 bits per heavy atom. The zero-order valence-corrected chi connectivity index (χ0v) is 9.10. The molecule has 0 radical (unpaired) electrons. The molecule has 1 fully saturated rings. The number of hydrogen-bond acceptors (Lipinski definition) is 6. The van der Waals surface area contributed by atoms with Gasteiger partial charge in [-0.25, -0.2) is 4.79 Å². The first-order valence-corrected chi connectivity index (χ1v) is 4.63. The second kappa shape index (κ2) is 5.89. The molecule has 1 aliphatic heterocycles. The van der Waals surface area contributed by atoms with E-state index in [-0.39, 0.29) is 18.8 Å². The molecule has 1 unspecified atom stereocenters. The number of ether oxygens (including phenoxy) is 5. The molecule has 6 nitrogen and oxygen atoms in total. The molecule has 0 saturated carbocycles. The molecule has 0 aromatic carbocycles. The lowest BCUT2D eigenvalue weighted by Gasteiger charge is -2.14. The Hall–Kier alpha value is -0.850. The van der Waals surface area contributed by atoms with Gasteiger partial charge in [0.25, 0.3) is 0 Å². The summed E-state index contributed by atoms with van der Waals surface area (Å²) in [7, 11) is 4.39. The molecule has 0 aromatic heterocycles. The van der Waals surface area contributed by atoms with Crippen molar-refractivity contribution in [3.8, 4) is 0 Å². The van der Waals surface area contributed by atoms with Gasteiger partial charge < -0.3 is 23.7 Å². The molecule has 0 spiro atoms. The van der Waals surface area contributed by atoms with E-state index in [2.05, 4.69) is 4.74 Å². The summed E-state index contributed by atoms with van der Waals surface area (Å²) < 4.78 is 24.7. The lowest BCUT2D eigenvalue weighted by Crippen LogP contribution is -2.24. The summed E-state index contributed by atoms with van der Waals surface area (Å²) in [5.41, 5.74) is 0. The van der Waals surface area contributed by atoms with Crippen LogP contribution in [0, 0.1) is 0 Å². The fraction of sp³-hybridized carbons (Fsp3) is 0.889. The maximum absolute atomic E-state index is 10.7. The molecule has 1 aliphatic rings. The molecule has 15 heavy (non-hydrogen) atoms. The van der Waals surface area contributed by atoms with Crippen molar-refractivity contribution in [3.63, 3.8) is 0 Å². The van der Waals surface area contributed by atoms with Gasteiger partial charge in [0.15, 0.2) is 6.29 Å². The van der Waals surface area contributed by atoms with Gasteiger partial charge in [-0.05, 0) is 0 Å². The fourth-order valence-corrected chi connectivity index (χ4v) is 1.44. The third-order valence-corrected chi connectivity index (χ3v) is 2.21. The highest BCUT2D eigenvalue weighted by Gasteiger charge is 2.36. The molecular weight excluding hydrogens is 204 g/mol. The predicted molar refractivity (Wildman–Crippen MR) is 49.4 cm³/mol. The Labute approximate surface area is 88.4 Å². The van der Waals surface area contributed by atoms with Crippen LogP contribution in [0.2, 0.25) is 0 Å². The van der Waals surface area contributed by atoms with Crippen LogP contribution in [-0.2, 0) is 23.7 Å². The van der Waals surface area contributed by atoms with Gasteiger partial charge in [-0.3, -0.25) is 0 Å². The molecule has 0 aromatic rings. The molecule has 0 N–H and O–H groups in total. The smallest absolute Gasteiger partial charge is 0.438 e. The number of carbonyl (C=O) groups excluding carboxylic acids is 1. The minimum atomic E-state index is -0.714. The Morgan fingerprint density at radius 1 is 1.33 bits per heavy atom. The number of hydrogen-bond donors (Lipinski definition) is 0. The SMILES string of the molecule is COC(=O)OC[C@@H]1CC(OC)[C@H](OC)O1. The van der Waals surface area contributed by atoms with Crippen molar-refractivity contribution < 1.29 is 28.5 Å². The predicted octanol–water partition coefficient (Wildman–Crippen LogP) is 0.546. The van der Waals surface area contributed by atoms with Crippen LogP contribution in [0.25, 0.3) is 0 Å². The van der Waals surface area contributed by atoms with Crippen LogP contribution in [0.1, 0.15) is 6.42 Å². The summed E-state index contributed by atoms with van der Waals surface area (Å²) in [4.78, 5) is 10.7. The summed E-state index contributed by atoms with van der Waals surface area (Å²) >= 11 is 0. The number of carbonyl (C=O) groups is 1. The number of methoxy groups -OCH3 is 3. The average Bonchev–Trinajstić information content (AvgIpc) is 2.68. The Morgan fingerprint density at radius 2 is 2.07 bits per heavy atom. The standard InChI is InChI=1S/C9H16O6/c1-11-7-4-6(15-8(7)12-2)5-14-9(10)13-3/h6-8H,4-5H2,1-3H3/t6-,7?,8+/m0/s1. The van der Waals surface area contributed by atoms with E-state index in [0.717, 1.165) is 0 Å². The van der Waals surface area contributed by atoms with Crippen molar-refractivity contribution in [3.05, 3.63) is 0 Å². The molecule has 3 atom stereocenters. The van der Waals surface area contributed by atoms with Crippen LogP contribution < -0.4 is 0 Å². The first-order chi connectivity index (χ1) is 7.21. The highest BCUT2D eigenvalue weighted by atomic mass is 16.7.